The summed E-state index contributed by atoms with van der Waals surface area (Å²) in [5, 5.41) is 2.94. The number of carbonyl (C=O) groups excluding carboxylic acids is 2. The van der Waals surface area contributed by atoms with E-state index in [2.05, 4.69) is 24.1 Å². The van der Waals surface area contributed by atoms with Crippen LogP contribution >= 0.6 is 0 Å². The molecule has 24 heavy (non-hydrogen) atoms. The lowest BCUT2D eigenvalue weighted by molar-refractivity contribution is -0.131. The Kier molecular flexibility index (Phi) is 5.41. The second kappa shape index (κ2) is 7.15. The summed E-state index contributed by atoms with van der Waals surface area (Å²) in [7, 11) is 0. The summed E-state index contributed by atoms with van der Waals surface area (Å²) in [5.74, 6) is 0.357. The summed E-state index contributed by atoms with van der Waals surface area (Å²) in [5.41, 5.74) is 0.964. The van der Waals surface area contributed by atoms with Crippen LogP contribution in [0.5, 0.6) is 0 Å². The van der Waals surface area contributed by atoms with Gasteiger partial charge in [0.05, 0.1) is 6.04 Å². The van der Waals surface area contributed by atoms with E-state index >= 15 is 0 Å². The molecule has 1 aromatic rings. The van der Waals surface area contributed by atoms with Gasteiger partial charge >= 0.3 is 5.69 Å². The van der Waals surface area contributed by atoms with Gasteiger partial charge in [0.1, 0.15) is 6.54 Å². The van der Waals surface area contributed by atoms with E-state index in [-0.39, 0.29) is 30.3 Å². The summed E-state index contributed by atoms with van der Waals surface area (Å²) in [6, 6.07) is 1.75. The van der Waals surface area contributed by atoms with Crippen LogP contribution in [0.2, 0.25) is 0 Å². The first kappa shape index (κ1) is 18.2. The van der Waals surface area contributed by atoms with Crippen LogP contribution in [0, 0.1) is 25.7 Å². The van der Waals surface area contributed by atoms with E-state index in [0.29, 0.717) is 24.7 Å². The molecule has 0 saturated carbocycles. The highest BCUT2D eigenvalue weighted by molar-refractivity contribution is 5.77. The van der Waals surface area contributed by atoms with Crippen molar-refractivity contribution in [2.24, 2.45) is 11.8 Å². The molecule has 0 spiro atoms. The zero-order valence-electron chi connectivity index (χ0n) is 15.0. The highest BCUT2D eigenvalue weighted by Gasteiger charge is 2.37. The largest absolute Gasteiger partial charge is 0.351 e. The van der Waals surface area contributed by atoms with Gasteiger partial charge in [-0.05, 0) is 25.8 Å². The van der Waals surface area contributed by atoms with Crippen LogP contribution in [0.25, 0.3) is 0 Å². The maximum atomic E-state index is 12.6. The van der Waals surface area contributed by atoms with E-state index in [4.69, 9.17) is 0 Å². The van der Waals surface area contributed by atoms with Gasteiger partial charge in [0.15, 0.2) is 0 Å². The highest BCUT2D eigenvalue weighted by Crippen LogP contribution is 2.24. The van der Waals surface area contributed by atoms with Crippen LogP contribution in [0.4, 0.5) is 0 Å². The van der Waals surface area contributed by atoms with E-state index in [1.165, 1.54) is 11.5 Å². The van der Waals surface area contributed by atoms with Gasteiger partial charge < -0.3 is 10.2 Å². The van der Waals surface area contributed by atoms with E-state index in [0.717, 1.165) is 5.69 Å². The number of likely N-dealkylation sites (tertiary alicyclic amines) is 1. The number of hydrogen-bond acceptors (Lipinski definition) is 4. The molecule has 1 aliphatic heterocycles. The fourth-order valence-electron chi connectivity index (χ4n) is 3.32. The quantitative estimate of drug-likeness (QED) is 0.868. The molecule has 0 radical (unpaired) electrons. The Bertz CT molecular complexity index is 696. The first-order chi connectivity index (χ1) is 11.2. The molecule has 2 amide bonds. The molecule has 132 valence electrons. The Hall–Kier alpha value is -2.18. The first-order valence-electron chi connectivity index (χ1n) is 8.29. The lowest BCUT2D eigenvalue weighted by atomic mass is 9.91. The summed E-state index contributed by atoms with van der Waals surface area (Å²) < 4.78 is 1.39. The highest BCUT2D eigenvalue weighted by atomic mass is 16.2. The number of aromatic nitrogens is 2. The average molecular weight is 334 g/mol. The van der Waals surface area contributed by atoms with Crippen molar-refractivity contribution in [3.63, 3.8) is 0 Å². The zero-order valence-corrected chi connectivity index (χ0v) is 15.0. The predicted molar refractivity (Wildman–Crippen MR) is 90.5 cm³/mol. The van der Waals surface area contributed by atoms with Crippen molar-refractivity contribution in [1.82, 2.24) is 19.8 Å². The molecule has 0 aliphatic carbocycles. The Balaban J connectivity index is 2.13. The van der Waals surface area contributed by atoms with Crippen molar-refractivity contribution < 1.29 is 9.59 Å². The van der Waals surface area contributed by atoms with E-state index in [1.807, 2.05) is 0 Å². The van der Waals surface area contributed by atoms with Gasteiger partial charge in [0.2, 0.25) is 11.8 Å². The number of nitrogens with zero attached hydrogens (tertiary/aromatic N) is 3. The molecule has 0 unspecified atom stereocenters. The van der Waals surface area contributed by atoms with Crippen molar-refractivity contribution in [2.75, 3.05) is 13.1 Å². The smallest absolute Gasteiger partial charge is 0.348 e. The molecule has 1 fully saturated rings. The maximum absolute atomic E-state index is 12.6. The van der Waals surface area contributed by atoms with Crippen LogP contribution in [0.3, 0.4) is 0 Å². The van der Waals surface area contributed by atoms with Crippen LogP contribution in [-0.2, 0) is 16.1 Å². The predicted octanol–water partition coefficient (Wildman–Crippen LogP) is 0.479. The van der Waals surface area contributed by atoms with Gasteiger partial charge in [-0.25, -0.2) is 4.79 Å². The van der Waals surface area contributed by atoms with E-state index in [1.54, 1.807) is 24.8 Å². The molecular weight excluding hydrogens is 308 g/mol. The molecule has 2 rings (SSSR count). The van der Waals surface area contributed by atoms with Crippen molar-refractivity contribution in [3.05, 3.63) is 27.9 Å². The number of amides is 2. The number of hydrogen-bond donors (Lipinski definition) is 1. The van der Waals surface area contributed by atoms with Gasteiger partial charge in [-0.3, -0.25) is 14.2 Å². The Morgan fingerprint density at radius 3 is 2.54 bits per heavy atom. The van der Waals surface area contributed by atoms with Gasteiger partial charge in [0.25, 0.3) is 0 Å². The molecule has 1 saturated heterocycles. The minimum absolute atomic E-state index is 0.0183. The standard InChI is InChI=1S/C17H26N4O3/c1-10(2)14-7-20(8-15(14)19-13(5)22)16(23)9-21-12(4)6-11(3)18-17(21)24/h6,10,14-15H,7-9H2,1-5H3,(H,19,22)/t14-,15+/m0/s1. The van der Waals surface area contributed by atoms with Gasteiger partial charge in [-0.15, -0.1) is 0 Å². The minimum atomic E-state index is -0.404. The lowest BCUT2D eigenvalue weighted by Gasteiger charge is -2.21. The second-order valence-electron chi connectivity index (χ2n) is 6.92. The fraction of sp³-hybridized carbons (Fsp3) is 0.647. The van der Waals surface area contributed by atoms with E-state index < -0.39 is 5.69 Å². The second-order valence-corrected chi connectivity index (χ2v) is 6.92. The Labute approximate surface area is 142 Å². The molecule has 1 aromatic heterocycles. The third-order valence-corrected chi connectivity index (χ3v) is 4.60. The minimum Gasteiger partial charge on any atom is -0.351 e. The summed E-state index contributed by atoms with van der Waals surface area (Å²) >= 11 is 0. The molecular formula is C17H26N4O3. The van der Waals surface area contributed by atoms with E-state index in [9.17, 15) is 14.4 Å². The first-order valence-corrected chi connectivity index (χ1v) is 8.29. The molecule has 1 N–H and O–H groups in total. The monoisotopic (exact) mass is 334 g/mol. The third-order valence-electron chi connectivity index (χ3n) is 4.60. The topological polar surface area (TPSA) is 84.3 Å². The SMILES string of the molecule is CC(=O)N[C@@H]1CN(C(=O)Cn2c(C)cc(C)nc2=O)C[C@H]1C(C)C. The Morgan fingerprint density at radius 2 is 2.00 bits per heavy atom. The van der Waals surface area contributed by atoms with Crippen LogP contribution in [-0.4, -0.2) is 45.4 Å². The Morgan fingerprint density at radius 1 is 1.33 bits per heavy atom. The van der Waals surface area contributed by atoms with Crippen LogP contribution in [0.15, 0.2) is 10.9 Å². The van der Waals surface area contributed by atoms with Crippen molar-refractivity contribution in [3.8, 4) is 0 Å². The molecule has 7 nitrogen and oxygen atoms in total. The molecule has 2 heterocycles. The molecule has 2 atom stereocenters. The zero-order chi connectivity index (χ0) is 18.0. The van der Waals surface area contributed by atoms with Gasteiger partial charge in [-0.1, -0.05) is 13.8 Å². The van der Waals surface area contributed by atoms with Crippen LogP contribution in [0.1, 0.15) is 32.2 Å². The van der Waals surface area contributed by atoms with Crippen molar-refractivity contribution in [2.45, 2.75) is 47.2 Å². The lowest BCUT2D eigenvalue weighted by Crippen LogP contribution is -2.41. The van der Waals surface area contributed by atoms with Crippen molar-refractivity contribution >= 4 is 11.8 Å². The molecule has 0 bridgehead atoms. The number of rotatable bonds is 4. The molecule has 1 aliphatic rings. The van der Waals surface area contributed by atoms with Crippen molar-refractivity contribution in [1.29, 1.82) is 0 Å². The fourth-order valence-corrected chi connectivity index (χ4v) is 3.32. The number of nitrogens with one attached hydrogen (secondary N) is 1. The maximum Gasteiger partial charge on any atom is 0.348 e. The average Bonchev–Trinajstić information content (AvgIpc) is 2.85. The number of carbonyl (C=O) groups is 2. The summed E-state index contributed by atoms with van der Waals surface area (Å²) in [4.78, 5) is 41.7. The normalized spacial score (nSPS) is 20.5. The molecule has 7 heteroatoms. The molecule has 0 aromatic carbocycles. The van der Waals surface area contributed by atoms with Crippen LogP contribution < -0.4 is 11.0 Å². The number of aryl methyl sites for hydroxylation is 2. The van der Waals surface area contributed by atoms with Gasteiger partial charge in [-0.2, -0.15) is 4.98 Å². The summed E-state index contributed by atoms with van der Waals surface area (Å²) in [6.45, 7) is 10.3. The third kappa shape index (κ3) is 4.01. The summed E-state index contributed by atoms with van der Waals surface area (Å²) in [6.07, 6.45) is 0. The van der Waals surface area contributed by atoms with Gasteiger partial charge in [0, 0.05) is 37.3 Å².